The molecule has 1 aromatic carbocycles. The third-order valence-corrected chi connectivity index (χ3v) is 3.83. The highest BCUT2D eigenvalue weighted by molar-refractivity contribution is 7.89. The van der Waals surface area contributed by atoms with Gasteiger partial charge < -0.3 is 15.2 Å². The van der Waals surface area contributed by atoms with Crippen molar-refractivity contribution in [1.29, 1.82) is 0 Å². The first-order valence-corrected chi connectivity index (χ1v) is 6.95. The van der Waals surface area contributed by atoms with Gasteiger partial charge in [0.05, 0.1) is 19.9 Å². The number of nitrogens with one attached hydrogen (secondary N) is 1. The minimum atomic E-state index is -3.62. The number of rotatable bonds is 6. The molecule has 18 heavy (non-hydrogen) atoms. The maximum absolute atomic E-state index is 12.0. The van der Waals surface area contributed by atoms with Gasteiger partial charge in [-0.15, -0.1) is 0 Å². The first kappa shape index (κ1) is 14.6. The summed E-state index contributed by atoms with van der Waals surface area (Å²) in [5.41, 5.74) is 5.95. The number of benzene rings is 1. The van der Waals surface area contributed by atoms with Crippen LogP contribution < -0.4 is 19.9 Å². The number of anilines is 1. The van der Waals surface area contributed by atoms with Crippen LogP contribution in [-0.4, -0.2) is 29.2 Å². The van der Waals surface area contributed by atoms with Gasteiger partial charge in [-0.3, -0.25) is 0 Å². The Bertz CT molecular complexity index is 514. The monoisotopic (exact) mass is 274 g/mol. The number of nitrogens with two attached hydrogens (primary N) is 1. The molecule has 0 unspecified atom stereocenters. The first-order chi connectivity index (χ1) is 8.46. The van der Waals surface area contributed by atoms with E-state index in [2.05, 4.69) is 4.72 Å². The summed E-state index contributed by atoms with van der Waals surface area (Å²) < 4.78 is 36.6. The van der Waals surface area contributed by atoms with Gasteiger partial charge in [0, 0.05) is 12.6 Å². The van der Waals surface area contributed by atoms with E-state index in [1.807, 2.05) is 6.92 Å². The summed E-state index contributed by atoms with van der Waals surface area (Å²) in [6.45, 7) is 2.24. The molecule has 1 aromatic rings. The second-order valence-corrected chi connectivity index (χ2v) is 5.38. The van der Waals surface area contributed by atoms with Gasteiger partial charge in [0.2, 0.25) is 10.0 Å². The SMILES string of the molecule is CCCNS(=O)(=O)c1cc(N)c(OC)cc1OC. The molecule has 0 spiro atoms. The van der Waals surface area contributed by atoms with Crippen molar-refractivity contribution in [1.82, 2.24) is 4.72 Å². The fourth-order valence-electron chi connectivity index (χ4n) is 1.42. The maximum Gasteiger partial charge on any atom is 0.244 e. The average Bonchev–Trinajstić information content (AvgIpc) is 2.36. The van der Waals surface area contributed by atoms with Gasteiger partial charge in [-0.2, -0.15) is 0 Å². The van der Waals surface area contributed by atoms with Crippen LogP contribution in [0.3, 0.4) is 0 Å². The summed E-state index contributed by atoms with van der Waals surface area (Å²) in [7, 11) is -0.778. The number of nitrogen functional groups attached to an aromatic ring is 1. The normalized spacial score (nSPS) is 11.3. The van der Waals surface area contributed by atoms with Crippen molar-refractivity contribution in [2.75, 3.05) is 26.5 Å². The zero-order valence-corrected chi connectivity index (χ0v) is 11.5. The first-order valence-electron chi connectivity index (χ1n) is 5.47. The summed E-state index contributed by atoms with van der Waals surface area (Å²) in [5, 5.41) is 0. The van der Waals surface area contributed by atoms with Crippen LogP contribution in [-0.2, 0) is 10.0 Å². The van der Waals surface area contributed by atoms with Crippen LogP contribution in [0.5, 0.6) is 11.5 Å². The lowest BCUT2D eigenvalue weighted by Gasteiger charge is -2.13. The van der Waals surface area contributed by atoms with E-state index in [9.17, 15) is 8.42 Å². The molecular formula is C11H18N2O4S. The molecule has 102 valence electrons. The van der Waals surface area contributed by atoms with Crippen LogP contribution in [0.25, 0.3) is 0 Å². The Balaban J connectivity index is 3.27. The van der Waals surface area contributed by atoms with Crippen molar-refractivity contribution in [2.45, 2.75) is 18.2 Å². The van der Waals surface area contributed by atoms with Gasteiger partial charge in [-0.25, -0.2) is 13.1 Å². The summed E-state index contributed by atoms with van der Waals surface area (Å²) in [4.78, 5) is 0.0109. The van der Waals surface area contributed by atoms with Crippen LogP contribution in [0.4, 0.5) is 5.69 Å². The van der Waals surface area contributed by atoms with Crippen LogP contribution >= 0.6 is 0 Å². The topological polar surface area (TPSA) is 90.7 Å². The Labute approximate surface area is 107 Å². The zero-order valence-electron chi connectivity index (χ0n) is 10.7. The molecule has 0 saturated heterocycles. The summed E-state index contributed by atoms with van der Waals surface area (Å²) in [6, 6.07) is 2.78. The Morgan fingerprint density at radius 2 is 1.83 bits per heavy atom. The standard InChI is InChI=1S/C11H18N2O4S/c1-4-5-13-18(14,15)11-6-8(12)9(16-2)7-10(11)17-3/h6-7,13H,4-5,12H2,1-3H3. The van der Waals surface area contributed by atoms with Gasteiger partial charge in [-0.05, 0) is 12.5 Å². The van der Waals surface area contributed by atoms with E-state index in [1.54, 1.807) is 0 Å². The van der Waals surface area contributed by atoms with E-state index < -0.39 is 10.0 Å². The fraction of sp³-hybridized carbons (Fsp3) is 0.455. The molecule has 0 amide bonds. The lowest BCUT2D eigenvalue weighted by Crippen LogP contribution is -2.25. The van der Waals surface area contributed by atoms with E-state index in [4.69, 9.17) is 15.2 Å². The zero-order chi connectivity index (χ0) is 13.8. The minimum Gasteiger partial charge on any atom is -0.495 e. The number of hydrogen-bond donors (Lipinski definition) is 2. The minimum absolute atomic E-state index is 0.0109. The van der Waals surface area contributed by atoms with E-state index in [-0.39, 0.29) is 16.3 Å². The van der Waals surface area contributed by atoms with Gasteiger partial charge >= 0.3 is 0 Å². The highest BCUT2D eigenvalue weighted by Crippen LogP contribution is 2.33. The van der Waals surface area contributed by atoms with Crippen molar-refractivity contribution in [2.24, 2.45) is 0 Å². The predicted molar refractivity (Wildman–Crippen MR) is 69.4 cm³/mol. The Morgan fingerprint density at radius 3 is 2.33 bits per heavy atom. The van der Waals surface area contributed by atoms with Crippen molar-refractivity contribution < 1.29 is 17.9 Å². The summed E-state index contributed by atoms with van der Waals surface area (Å²) >= 11 is 0. The molecule has 0 aliphatic carbocycles. The highest BCUT2D eigenvalue weighted by Gasteiger charge is 2.21. The second-order valence-electron chi connectivity index (χ2n) is 3.64. The fourth-order valence-corrected chi connectivity index (χ4v) is 2.74. The third kappa shape index (κ3) is 3.05. The van der Waals surface area contributed by atoms with Crippen molar-refractivity contribution >= 4 is 15.7 Å². The number of sulfonamides is 1. The Hall–Kier alpha value is -1.47. The van der Waals surface area contributed by atoms with Gasteiger partial charge in [0.15, 0.2) is 0 Å². The molecule has 6 nitrogen and oxygen atoms in total. The largest absolute Gasteiger partial charge is 0.495 e. The molecule has 1 rings (SSSR count). The molecule has 0 radical (unpaired) electrons. The highest BCUT2D eigenvalue weighted by atomic mass is 32.2. The molecule has 0 fully saturated rings. The van der Waals surface area contributed by atoms with Crippen molar-refractivity contribution in [3.8, 4) is 11.5 Å². The number of methoxy groups -OCH3 is 2. The third-order valence-electron chi connectivity index (χ3n) is 2.35. The molecule has 0 aliphatic rings. The summed E-state index contributed by atoms with van der Waals surface area (Å²) in [6.07, 6.45) is 0.702. The van der Waals surface area contributed by atoms with Gasteiger partial charge in [0.1, 0.15) is 16.4 Å². The van der Waals surface area contributed by atoms with Crippen LogP contribution in [0.2, 0.25) is 0 Å². The lowest BCUT2D eigenvalue weighted by atomic mass is 10.3. The smallest absolute Gasteiger partial charge is 0.244 e. The molecule has 0 saturated carbocycles. The molecular weight excluding hydrogens is 256 g/mol. The van der Waals surface area contributed by atoms with Gasteiger partial charge in [-0.1, -0.05) is 6.92 Å². The molecule has 0 heterocycles. The number of ether oxygens (including phenoxy) is 2. The molecule has 7 heteroatoms. The molecule has 0 aromatic heterocycles. The van der Waals surface area contributed by atoms with Gasteiger partial charge in [0.25, 0.3) is 0 Å². The lowest BCUT2D eigenvalue weighted by molar-refractivity contribution is 0.387. The van der Waals surface area contributed by atoms with E-state index in [0.29, 0.717) is 18.7 Å². The number of hydrogen-bond acceptors (Lipinski definition) is 5. The molecule has 0 aliphatic heterocycles. The summed E-state index contributed by atoms with van der Waals surface area (Å²) in [5.74, 6) is 0.575. The molecule has 0 atom stereocenters. The maximum atomic E-state index is 12.0. The van der Waals surface area contributed by atoms with Crippen LogP contribution in [0.1, 0.15) is 13.3 Å². The van der Waals surface area contributed by atoms with E-state index >= 15 is 0 Å². The molecule has 3 N–H and O–H groups in total. The van der Waals surface area contributed by atoms with Crippen LogP contribution in [0, 0.1) is 0 Å². The average molecular weight is 274 g/mol. The Kier molecular flexibility index (Phi) is 4.80. The Morgan fingerprint density at radius 1 is 1.22 bits per heavy atom. The van der Waals surface area contributed by atoms with Crippen molar-refractivity contribution in [3.05, 3.63) is 12.1 Å². The molecule has 0 bridgehead atoms. The van der Waals surface area contributed by atoms with E-state index in [1.165, 1.54) is 26.4 Å². The quantitative estimate of drug-likeness (QED) is 0.754. The van der Waals surface area contributed by atoms with E-state index in [0.717, 1.165) is 0 Å². The second kappa shape index (κ2) is 5.92. The van der Waals surface area contributed by atoms with Crippen molar-refractivity contribution in [3.63, 3.8) is 0 Å². The van der Waals surface area contributed by atoms with Crippen LogP contribution in [0.15, 0.2) is 17.0 Å². The predicted octanol–water partition coefficient (Wildman–Crippen LogP) is 0.974.